The first-order valence-corrected chi connectivity index (χ1v) is 12.3. The van der Waals surface area contributed by atoms with Gasteiger partial charge in [-0.25, -0.2) is 9.38 Å². The van der Waals surface area contributed by atoms with E-state index in [0.717, 1.165) is 16.7 Å². The number of ether oxygens (including phenoxy) is 2. The van der Waals surface area contributed by atoms with Gasteiger partial charge in [0, 0.05) is 43.5 Å². The Morgan fingerprint density at radius 1 is 0.971 bits per heavy atom. The van der Waals surface area contributed by atoms with Crippen molar-refractivity contribution in [3.05, 3.63) is 67.0 Å². The van der Waals surface area contributed by atoms with Gasteiger partial charge >= 0.3 is 0 Å². The smallest absolute Gasteiger partial charge is 0.293 e. The number of nitrogens with zero attached hydrogens (tertiary/aromatic N) is 5. The Hall–Kier alpha value is -3.54. The molecule has 2 aromatic heterocycles. The molecule has 11 heteroatoms. The van der Waals surface area contributed by atoms with Gasteiger partial charge in [-0.1, -0.05) is 23.5 Å². The third-order valence-electron chi connectivity index (χ3n) is 6.46. The second-order valence-electron chi connectivity index (χ2n) is 8.49. The van der Waals surface area contributed by atoms with Crippen LogP contribution in [0.5, 0.6) is 0 Å². The maximum Gasteiger partial charge on any atom is 0.293 e. The molecule has 2 fully saturated rings. The Bertz CT molecular complexity index is 1540. The van der Waals surface area contributed by atoms with Crippen LogP contribution in [-0.2, 0) is 9.47 Å². The van der Waals surface area contributed by atoms with Crippen molar-refractivity contribution < 1.29 is 14.4 Å². The molecule has 0 amide bonds. The van der Waals surface area contributed by atoms with Crippen molar-refractivity contribution in [2.45, 2.75) is 0 Å². The van der Waals surface area contributed by atoms with Gasteiger partial charge in [0.2, 0.25) is 0 Å². The van der Waals surface area contributed by atoms with Crippen LogP contribution in [0.15, 0.2) is 41.2 Å². The van der Waals surface area contributed by atoms with Crippen molar-refractivity contribution >= 4 is 50.5 Å². The van der Waals surface area contributed by atoms with Gasteiger partial charge in [0.25, 0.3) is 11.2 Å². The summed E-state index contributed by atoms with van der Waals surface area (Å²) in [6.45, 7) is 4.73. The fraction of sp³-hybridized carbons (Fsp3) is 0.333. The second-order valence-corrected chi connectivity index (χ2v) is 9.50. The average molecular weight is 494 g/mol. The molecule has 35 heavy (non-hydrogen) atoms. The Labute approximate surface area is 203 Å². The number of morpholine rings is 2. The molecule has 0 aliphatic carbocycles. The van der Waals surface area contributed by atoms with Gasteiger partial charge in [0.05, 0.1) is 46.9 Å². The van der Waals surface area contributed by atoms with Crippen LogP contribution in [0.2, 0.25) is 0 Å². The molecule has 0 saturated carbocycles. The third kappa shape index (κ3) is 3.91. The van der Waals surface area contributed by atoms with E-state index in [1.807, 2.05) is 35.2 Å². The van der Waals surface area contributed by atoms with E-state index < -0.39 is 0 Å². The highest BCUT2D eigenvalue weighted by molar-refractivity contribution is 7.15. The summed E-state index contributed by atoms with van der Waals surface area (Å²) in [7, 11) is 0. The molecule has 2 aliphatic heterocycles. The van der Waals surface area contributed by atoms with Crippen LogP contribution < -0.4 is 19.9 Å². The quantitative estimate of drug-likeness (QED) is 0.314. The number of anilines is 2. The number of hydrogen-bond donors (Lipinski definition) is 0. The predicted octanol–water partition coefficient (Wildman–Crippen LogP) is 2.04. The van der Waals surface area contributed by atoms with Gasteiger partial charge in [-0.05, 0) is 24.3 Å². The summed E-state index contributed by atoms with van der Waals surface area (Å²) in [6, 6.07) is 11.0. The van der Waals surface area contributed by atoms with Crippen LogP contribution in [0.4, 0.5) is 17.1 Å². The lowest BCUT2D eigenvalue weighted by molar-refractivity contribution is -0.384. The number of aromatic nitrogens is 2. The fourth-order valence-corrected chi connectivity index (χ4v) is 5.71. The normalized spacial score (nSPS) is 17.5. The molecule has 0 bridgehead atoms. The first-order chi connectivity index (χ1) is 17.1. The van der Waals surface area contributed by atoms with E-state index in [-0.39, 0.29) is 16.2 Å². The highest BCUT2D eigenvalue weighted by Gasteiger charge is 2.26. The monoisotopic (exact) mass is 493 g/mol. The molecule has 2 aliphatic rings. The Morgan fingerprint density at radius 2 is 1.63 bits per heavy atom. The zero-order valence-corrected chi connectivity index (χ0v) is 19.7. The van der Waals surface area contributed by atoms with Gasteiger partial charge in [0.1, 0.15) is 5.69 Å². The summed E-state index contributed by atoms with van der Waals surface area (Å²) in [5, 5.41) is 12.1. The number of nitro groups is 1. The minimum atomic E-state index is -0.349. The SMILES string of the molecule is O=c1c(=Cc2cc([N+](=O)[O-])c(N3CCOCC3)cc2N2CCOCC2)sc2nc3ccccc3n12. The molecule has 0 atom stereocenters. The first kappa shape index (κ1) is 22.0. The number of rotatable bonds is 4. The number of para-hydroxylation sites is 2. The maximum atomic E-state index is 13.3. The van der Waals surface area contributed by atoms with E-state index in [1.54, 1.807) is 16.5 Å². The molecule has 4 heterocycles. The zero-order valence-electron chi connectivity index (χ0n) is 18.9. The number of fused-ring (bicyclic) bond motifs is 3. The molecule has 0 N–H and O–H groups in total. The Balaban J connectivity index is 1.55. The van der Waals surface area contributed by atoms with E-state index in [1.165, 1.54) is 11.3 Å². The summed E-state index contributed by atoms with van der Waals surface area (Å²) in [5.74, 6) is 0. The molecule has 0 radical (unpaired) electrons. The number of thiazole rings is 1. The summed E-state index contributed by atoms with van der Waals surface area (Å²) in [5.41, 5.74) is 3.44. The zero-order chi connectivity index (χ0) is 23.9. The van der Waals surface area contributed by atoms with Crippen molar-refractivity contribution in [2.24, 2.45) is 0 Å². The highest BCUT2D eigenvalue weighted by atomic mass is 32.1. The topological polar surface area (TPSA) is 102 Å². The van der Waals surface area contributed by atoms with E-state index >= 15 is 0 Å². The lowest BCUT2D eigenvalue weighted by Gasteiger charge is -2.33. The summed E-state index contributed by atoms with van der Waals surface area (Å²) in [6.07, 6.45) is 1.76. The van der Waals surface area contributed by atoms with Crippen LogP contribution in [0.1, 0.15) is 5.56 Å². The molecule has 2 aromatic carbocycles. The third-order valence-corrected chi connectivity index (χ3v) is 7.42. The summed E-state index contributed by atoms with van der Waals surface area (Å²) >= 11 is 1.29. The van der Waals surface area contributed by atoms with Crippen LogP contribution in [-0.4, -0.2) is 66.9 Å². The van der Waals surface area contributed by atoms with Crippen molar-refractivity contribution in [2.75, 3.05) is 62.4 Å². The summed E-state index contributed by atoms with van der Waals surface area (Å²) in [4.78, 5) is 34.4. The molecular formula is C24H23N5O5S. The van der Waals surface area contributed by atoms with Gasteiger partial charge in [-0.3, -0.25) is 14.9 Å². The van der Waals surface area contributed by atoms with Crippen LogP contribution in [0.3, 0.4) is 0 Å². The predicted molar refractivity (Wildman–Crippen MR) is 135 cm³/mol. The van der Waals surface area contributed by atoms with Crippen molar-refractivity contribution in [3.8, 4) is 0 Å². The number of imidazole rings is 1. The number of hydrogen-bond acceptors (Lipinski definition) is 9. The Kier molecular flexibility index (Phi) is 5.59. The largest absolute Gasteiger partial charge is 0.378 e. The van der Waals surface area contributed by atoms with E-state index in [2.05, 4.69) is 9.88 Å². The minimum Gasteiger partial charge on any atom is -0.378 e. The lowest BCUT2D eigenvalue weighted by atomic mass is 10.1. The van der Waals surface area contributed by atoms with Gasteiger partial charge < -0.3 is 19.3 Å². The number of benzene rings is 2. The van der Waals surface area contributed by atoms with E-state index in [4.69, 9.17) is 9.47 Å². The Morgan fingerprint density at radius 3 is 2.31 bits per heavy atom. The average Bonchev–Trinajstić information content (AvgIpc) is 3.40. The molecule has 6 rings (SSSR count). The van der Waals surface area contributed by atoms with Gasteiger partial charge in [-0.2, -0.15) is 0 Å². The van der Waals surface area contributed by atoms with Crippen LogP contribution >= 0.6 is 11.3 Å². The molecular weight excluding hydrogens is 470 g/mol. The van der Waals surface area contributed by atoms with Crippen molar-refractivity contribution in [1.82, 2.24) is 9.38 Å². The standard InChI is InChI=1S/C24H23N5O5S/c30-23-22(35-24-25-17-3-1-2-4-18(17)28(23)24)14-16-13-21(29(31)32)20(27-7-11-34-12-8-27)15-19(16)26-5-9-33-10-6-26/h1-4,13-15H,5-12H2. The maximum absolute atomic E-state index is 13.3. The minimum absolute atomic E-state index is 0.0226. The van der Waals surface area contributed by atoms with E-state index in [9.17, 15) is 14.9 Å². The van der Waals surface area contributed by atoms with Gasteiger partial charge in [-0.15, -0.1) is 0 Å². The highest BCUT2D eigenvalue weighted by Crippen LogP contribution is 2.37. The molecule has 0 unspecified atom stereocenters. The van der Waals surface area contributed by atoms with Crippen molar-refractivity contribution in [1.29, 1.82) is 0 Å². The molecule has 4 aromatic rings. The van der Waals surface area contributed by atoms with Crippen molar-refractivity contribution in [3.63, 3.8) is 0 Å². The molecule has 10 nitrogen and oxygen atoms in total. The number of nitro benzene ring substituents is 1. The molecule has 180 valence electrons. The first-order valence-electron chi connectivity index (χ1n) is 11.5. The molecule has 2 saturated heterocycles. The van der Waals surface area contributed by atoms with Crippen LogP contribution in [0.25, 0.3) is 22.1 Å². The van der Waals surface area contributed by atoms with E-state index in [0.29, 0.717) is 73.4 Å². The fourth-order valence-electron chi connectivity index (χ4n) is 4.73. The van der Waals surface area contributed by atoms with Gasteiger partial charge in [0.15, 0.2) is 4.96 Å². The second kappa shape index (κ2) is 8.91. The van der Waals surface area contributed by atoms with Crippen LogP contribution in [0, 0.1) is 10.1 Å². The summed E-state index contributed by atoms with van der Waals surface area (Å²) < 4.78 is 13.1. The molecule has 0 spiro atoms. The lowest BCUT2D eigenvalue weighted by Crippen LogP contribution is -2.38.